The van der Waals surface area contributed by atoms with Crippen molar-refractivity contribution in [1.29, 1.82) is 0 Å². The molecule has 0 radical (unpaired) electrons. The minimum atomic E-state index is -2.81. The average Bonchev–Trinajstić information content (AvgIpc) is 2.08. The molecular formula is C8H11O4P. The second-order valence-corrected chi connectivity index (χ2v) is 3.35. The van der Waals surface area contributed by atoms with Gasteiger partial charge in [-0.05, 0) is 24.1 Å². The van der Waals surface area contributed by atoms with E-state index < -0.39 is 8.25 Å². The van der Waals surface area contributed by atoms with E-state index in [1.807, 2.05) is 0 Å². The summed E-state index contributed by atoms with van der Waals surface area (Å²) in [7, 11) is -2.81. The summed E-state index contributed by atoms with van der Waals surface area (Å²) in [5.74, 6) is 0.209. The number of hydrogen-bond acceptors (Lipinski definition) is 3. The van der Waals surface area contributed by atoms with E-state index in [-0.39, 0.29) is 12.4 Å². The smallest absolute Gasteiger partial charge is 0.316 e. The van der Waals surface area contributed by atoms with Gasteiger partial charge in [-0.25, -0.2) is 0 Å². The zero-order valence-electron chi connectivity index (χ0n) is 6.93. The van der Waals surface area contributed by atoms with Gasteiger partial charge < -0.3 is 14.5 Å². The number of phenols is 1. The highest BCUT2D eigenvalue weighted by atomic mass is 31.1. The third-order valence-electron chi connectivity index (χ3n) is 1.55. The third kappa shape index (κ3) is 4.08. The number of phenolic OH excluding ortho intramolecular Hbond substituents is 1. The van der Waals surface area contributed by atoms with Gasteiger partial charge in [0, 0.05) is 0 Å². The first-order chi connectivity index (χ1) is 6.18. The summed E-state index contributed by atoms with van der Waals surface area (Å²) in [6.45, 7) is 0.221. The average molecular weight is 202 g/mol. The van der Waals surface area contributed by atoms with E-state index in [0.717, 1.165) is 5.56 Å². The van der Waals surface area contributed by atoms with E-state index in [2.05, 4.69) is 4.52 Å². The molecule has 1 unspecified atom stereocenters. The Bertz CT molecular complexity index is 283. The first-order valence-electron chi connectivity index (χ1n) is 3.82. The second kappa shape index (κ2) is 5.02. The molecule has 0 aliphatic carbocycles. The van der Waals surface area contributed by atoms with Crippen LogP contribution in [0.2, 0.25) is 0 Å². The van der Waals surface area contributed by atoms with Gasteiger partial charge >= 0.3 is 8.25 Å². The molecule has 1 aromatic rings. The Balaban J connectivity index is 2.37. The maximum absolute atomic E-state index is 10.2. The summed E-state index contributed by atoms with van der Waals surface area (Å²) in [6, 6.07) is 6.62. The van der Waals surface area contributed by atoms with Crippen LogP contribution in [0.5, 0.6) is 5.75 Å². The van der Waals surface area contributed by atoms with Gasteiger partial charge in [0.1, 0.15) is 5.75 Å². The van der Waals surface area contributed by atoms with Crippen molar-refractivity contribution < 1.29 is 19.1 Å². The van der Waals surface area contributed by atoms with Gasteiger partial charge in [-0.2, -0.15) is 0 Å². The van der Waals surface area contributed by atoms with Gasteiger partial charge in [0.25, 0.3) is 0 Å². The van der Waals surface area contributed by atoms with E-state index in [1.165, 1.54) is 0 Å². The highest BCUT2D eigenvalue weighted by Gasteiger charge is 1.95. The van der Waals surface area contributed by atoms with Crippen molar-refractivity contribution in [2.45, 2.75) is 6.42 Å². The van der Waals surface area contributed by atoms with Crippen molar-refractivity contribution in [2.24, 2.45) is 0 Å². The van der Waals surface area contributed by atoms with Crippen LogP contribution in [0.25, 0.3) is 0 Å². The normalized spacial score (nSPS) is 12.7. The van der Waals surface area contributed by atoms with Crippen LogP contribution in [0.1, 0.15) is 5.56 Å². The SMILES string of the molecule is O=[PH](O)OCCc1ccc(O)cc1. The Hall–Kier alpha value is -0.830. The maximum atomic E-state index is 10.2. The molecule has 0 heterocycles. The van der Waals surface area contributed by atoms with E-state index in [4.69, 9.17) is 10.00 Å². The summed E-state index contributed by atoms with van der Waals surface area (Å²) < 4.78 is 14.7. The molecule has 0 spiro atoms. The van der Waals surface area contributed by atoms with Crippen LogP contribution in [0.4, 0.5) is 0 Å². The maximum Gasteiger partial charge on any atom is 0.316 e. The monoisotopic (exact) mass is 202 g/mol. The molecular weight excluding hydrogens is 191 g/mol. The lowest BCUT2D eigenvalue weighted by molar-refractivity contribution is 0.285. The van der Waals surface area contributed by atoms with Gasteiger partial charge in [-0.1, -0.05) is 12.1 Å². The van der Waals surface area contributed by atoms with E-state index >= 15 is 0 Å². The molecule has 0 saturated carbocycles. The summed E-state index contributed by atoms with van der Waals surface area (Å²) in [5, 5.41) is 8.95. The van der Waals surface area contributed by atoms with Crippen LogP contribution in [-0.2, 0) is 15.5 Å². The number of rotatable bonds is 4. The molecule has 0 aromatic heterocycles. The van der Waals surface area contributed by atoms with Crippen LogP contribution in [0.15, 0.2) is 24.3 Å². The number of aromatic hydroxyl groups is 1. The van der Waals surface area contributed by atoms with E-state index in [1.54, 1.807) is 24.3 Å². The molecule has 4 nitrogen and oxygen atoms in total. The van der Waals surface area contributed by atoms with Gasteiger partial charge in [-0.3, -0.25) is 4.57 Å². The van der Waals surface area contributed by atoms with Crippen LogP contribution in [0.3, 0.4) is 0 Å². The zero-order chi connectivity index (χ0) is 9.68. The fraction of sp³-hybridized carbons (Fsp3) is 0.250. The Labute approximate surface area is 76.7 Å². The second-order valence-electron chi connectivity index (χ2n) is 2.53. The lowest BCUT2D eigenvalue weighted by Crippen LogP contribution is -1.92. The van der Waals surface area contributed by atoms with Crippen molar-refractivity contribution in [2.75, 3.05) is 6.61 Å². The number of benzene rings is 1. The molecule has 5 heteroatoms. The highest BCUT2D eigenvalue weighted by Crippen LogP contribution is 2.15. The topological polar surface area (TPSA) is 66.8 Å². The molecule has 0 aliphatic rings. The number of hydrogen-bond donors (Lipinski definition) is 2. The molecule has 0 aliphatic heterocycles. The van der Waals surface area contributed by atoms with Gasteiger partial charge in [-0.15, -0.1) is 0 Å². The van der Waals surface area contributed by atoms with Crippen molar-refractivity contribution >= 4 is 8.25 Å². The zero-order valence-corrected chi connectivity index (χ0v) is 7.93. The van der Waals surface area contributed by atoms with Gasteiger partial charge in [0.15, 0.2) is 0 Å². The minimum absolute atomic E-state index is 0.209. The predicted octanol–water partition coefficient (Wildman–Crippen LogP) is 1.33. The van der Waals surface area contributed by atoms with Crippen LogP contribution in [0, 0.1) is 0 Å². The third-order valence-corrected chi connectivity index (χ3v) is 2.00. The van der Waals surface area contributed by atoms with E-state index in [0.29, 0.717) is 6.42 Å². The van der Waals surface area contributed by atoms with Gasteiger partial charge in [0.2, 0.25) is 0 Å². The molecule has 0 saturated heterocycles. The van der Waals surface area contributed by atoms with Crippen LogP contribution < -0.4 is 0 Å². The quantitative estimate of drug-likeness (QED) is 0.723. The molecule has 1 aromatic carbocycles. The molecule has 13 heavy (non-hydrogen) atoms. The summed E-state index contributed by atoms with van der Waals surface area (Å²) in [5.41, 5.74) is 0.959. The molecule has 0 amide bonds. The fourth-order valence-electron chi connectivity index (χ4n) is 0.919. The van der Waals surface area contributed by atoms with E-state index in [9.17, 15) is 4.57 Å². The molecule has 72 valence electrons. The lowest BCUT2D eigenvalue weighted by Gasteiger charge is -2.00. The molecule has 0 fully saturated rings. The highest BCUT2D eigenvalue weighted by molar-refractivity contribution is 7.32. The molecule has 0 bridgehead atoms. The lowest BCUT2D eigenvalue weighted by atomic mass is 10.2. The Kier molecular flexibility index (Phi) is 3.96. The van der Waals surface area contributed by atoms with Crippen LogP contribution >= 0.6 is 8.25 Å². The standard InChI is InChI=1S/C8H11O4P/c9-8-3-1-7(2-4-8)5-6-12-13(10)11/h1-4,9,13H,5-6H2,(H,10,11). The van der Waals surface area contributed by atoms with Crippen molar-refractivity contribution in [3.8, 4) is 5.75 Å². The largest absolute Gasteiger partial charge is 0.508 e. The molecule has 2 N–H and O–H groups in total. The predicted molar refractivity (Wildman–Crippen MR) is 49.0 cm³/mol. The van der Waals surface area contributed by atoms with Gasteiger partial charge in [0.05, 0.1) is 6.61 Å². The minimum Gasteiger partial charge on any atom is -0.508 e. The Morgan fingerprint density at radius 1 is 1.31 bits per heavy atom. The summed E-state index contributed by atoms with van der Waals surface area (Å²) in [6.07, 6.45) is 0.567. The van der Waals surface area contributed by atoms with Crippen LogP contribution in [-0.4, -0.2) is 16.6 Å². The summed E-state index contributed by atoms with van der Waals surface area (Å²) >= 11 is 0. The molecule has 1 atom stereocenters. The first-order valence-corrected chi connectivity index (χ1v) is 5.08. The van der Waals surface area contributed by atoms with Crippen molar-refractivity contribution in [3.05, 3.63) is 29.8 Å². The fourth-order valence-corrected chi connectivity index (χ4v) is 1.20. The first kappa shape index (κ1) is 10.3. The summed E-state index contributed by atoms with van der Waals surface area (Å²) in [4.78, 5) is 8.36. The van der Waals surface area contributed by atoms with Crippen molar-refractivity contribution in [3.63, 3.8) is 0 Å². The Morgan fingerprint density at radius 2 is 1.92 bits per heavy atom. The molecule has 1 rings (SSSR count). The Morgan fingerprint density at radius 3 is 2.46 bits per heavy atom. The van der Waals surface area contributed by atoms with Crippen molar-refractivity contribution in [1.82, 2.24) is 0 Å².